The number of H-pyrrole nitrogens is 1. The molecule has 0 unspecified atom stereocenters. The van der Waals surface area contributed by atoms with Gasteiger partial charge in [0.15, 0.2) is 5.82 Å². The minimum absolute atomic E-state index is 0.670. The summed E-state index contributed by atoms with van der Waals surface area (Å²) in [5, 5.41) is 5.57. The molecule has 30 heavy (non-hydrogen) atoms. The molecule has 9 nitrogen and oxygen atoms in total. The Balaban J connectivity index is 1.39. The first-order valence-electron chi connectivity index (χ1n) is 10.3. The topological polar surface area (TPSA) is 90.9 Å². The van der Waals surface area contributed by atoms with E-state index in [0.717, 1.165) is 48.5 Å². The predicted molar refractivity (Wildman–Crippen MR) is 118 cm³/mol. The number of aromatic nitrogens is 3. The molecule has 0 atom stereocenters. The number of aromatic amines is 1. The summed E-state index contributed by atoms with van der Waals surface area (Å²) in [6.07, 6.45) is 3.76. The van der Waals surface area contributed by atoms with Crippen LogP contribution in [0, 0.1) is 0 Å². The van der Waals surface area contributed by atoms with Crippen molar-refractivity contribution in [2.24, 2.45) is 5.10 Å². The third-order valence-electron chi connectivity index (χ3n) is 5.33. The zero-order valence-corrected chi connectivity index (χ0v) is 16.8. The number of rotatable bonds is 5. The van der Waals surface area contributed by atoms with Crippen molar-refractivity contribution in [3.63, 3.8) is 0 Å². The van der Waals surface area contributed by atoms with Gasteiger partial charge in [-0.3, -0.25) is 5.43 Å². The highest BCUT2D eigenvalue weighted by atomic mass is 16.5. The fourth-order valence-corrected chi connectivity index (χ4v) is 3.71. The van der Waals surface area contributed by atoms with Crippen LogP contribution in [0.4, 0.5) is 17.6 Å². The summed E-state index contributed by atoms with van der Waals surface area (Å²) in [7, 11) is 0. The molecule has 0 bridgehead atoms. The van der Waals surface area contributed by atoms with E-state index >= 15 is 0 Å². The van der Waals surface area contributed by atoms with Crippen LogP contribution in [0.5, 0.6) is 0 Å². The van der Waals surface area contributed by atoms with Crippen LogP contribution in [-0.2, 0) is 9.47 Å². The van der Waals surface area contributed by atoms with Crippen LogP contribution < -0.4 is 15.2 Å². The Morgan fingerprint density at radius 2 is 1.70 bits per heavy atom. The van der Waals surface area contributed by atoms with E-state index in [9.17, 15) is 0 Å². The van der Waals surface area contributed by atoms with Gasteiger partial charge in [0.2, 0.25) is 5.95 Å². The van der Waals surface area contributed by atoms with E-state index < -0.39 is 0 Å². The summed E-state index contributed by atoms with van der Waals surface area (Å²) in [5.74, 6) is 2.26. The maximum Gasteiger partial charge on any atom is 0.229 e. The van der Waals surface area contributed by atoms with E-state index in [1.807, 2.05) is 36.7 Å². The van der Waals surface area contributed by atoms with Crippen LogP contribution in [0.1, 0.15) is 5.56 Å². The van der Waals surface area contributed by atoms with Crippen molar-refractivity contribution in [3.05, 3.63) is 42.1 Å². The highest BCUT2D eigenvalue weighted by molar-refractivity contribution is 5.99. The van der Waals surface area contributed by atoms with E-state index in [-0.39, 0.29) is 0 Å². The molecule has 9 heteroatoms. The van der Waals surface area contributed by atoms with Gasteiger partial charge in [-0.1, -0.05) is 18.2 Å². The highest BCUT2D eigenvalue weighted by Crippen LogP contribution is 2.22. The van der Waals surface area contributed by atoms with E-state index in [1.165, 1.54) is 0 Å². The molecule has 0 spiro atoms. The number of para-hydroxylation sites is 1. The molecule has 5 rings (SSSR count). The van der Waals surface area contributed by atoms with Crippen molar-refractivity contribution < 1.29 is 9.47 Å². The first kappa shape index (κ1) is 18.8. The molecule has 2 aliphatic rings. The predicted octanol–water partition coefficient (Wildman–Crippen LogP) is 2.08. The number of ether oxygens (including phenoxy) is 2. The molecule has 2 aliphatic heterocycles. The lowest BCUT2D eigenvalue weighted by Gasteiger charge is -2.31. The fourth-order valence-electron chi connectivity index (χ4n) is 3.71. The first-order valence-corrected chi connectivity index (χ1v) is 10.3. The number of anilines is 3. The molecule has 2 aromatic heterocycles. The van der Waals surface area contributed by atoms with Crippen molar-refractivity contribution in [1.82, 2.24) is 15.0 Å². The quantitative estimate of drug-likeness (QED) is 0.494. The van der Waals surface area contributed by atoms with E-state index in [4.69, 9.17) is 19.4 Å². The maximum absolute atomic E-state index is 5.49. The van der Waals surface area contributed by atoms with Crippen LogP contribution in [0.3, 0.4) is 0 Å². The number of hydrogen-bond donors (Lipinski definition) is 2. The minimum Gasteiger partial charge on any atom is -0.378 e. The van der Waals surface area contributed by atoms with E-state index in [1.54, 1.807) is 0 Å². The average molecular weight is 407 g/mol. The SMILES string of the molecule is C(=N/Nc1cc(N2CCOCC2)nc(N2CCOCC2)n1)/c1c[nH]c2ccccc12. The molecule has 0 amide bonds. The molecular weight excluding hydrogens is 382 g/mol. The van der Waals surface area contributed by atoms with Crippen molar-refractivity contribution in [3.8, 4) is 0 Å². The first-order chi connectivity index (χ1) is 14.9. The summed E-state index contributed by atoms with van der Waals surface area (Å²) in [6, 6.07) is 10.1. The summed E-state index contributed by atoms with van der Waals surface area (Å²) < 4.78 is 11.0. The molecule has 0 saturated carbocycles. The molecule has 2 N–H and O–H groups in total. The molecule has 4 heterocycles. The number of morpholine rings is 2. The van der Waals surface area contributed by atoms with Gasteiger partial charge in [0.1, 0.15) is 5.82 Å². The van der Waals surface area contributed by atoms with Crippen molar-refractivity contribution >= 4 is 34.7 Å². The third-order valence-corrected chi connectivity index (χ3v) is 5.33. The number of nitrogens with one attached hydrogen (secondary N) is 2. The largest absolute Gasteiger partial charge is 0.378 e. The lowest BCUT2D eigenvalue weighted by Crippen LogP contribution is -2.39. The molecule has 3 aromatic rings. The van der Waals surface area contributed by atoms with Crippen LogP contribution in [0.15, 0.2) is 41.6 Å². The lowest BCUT2D eigenvalue weighted by atomic mass is 10.2. The summed E-state index contributed by atoms with van der Waals surface area (Å²) in [6.45, 7) is 5.99. The normalized spacial score (nSPS) is 17.7. The molecule has 2 fully saturated rings. The van der Waals surface area contributed by atoms with Gasteiger partial charge >= 0.3 is 0 Å². The lowest BCUT2D eigenvalue weighted by molar-refractivity contribution is 0.121. The zero-order chi connectivity index (χ0) is 20.2. The Labute approximate surface area is 174 Å². The van der Waals surface area contributed by atoms with Gasteiger partial charge in [-0.25, -0.2) is 0 Å². The Bertz CT molecular complexity index is 987. The molecule has 2 saturated heterocycles. The van der Waals surface area contributed by atoms with Crippen LogP contribution in [-0.4, -0.2) is 73.8 Å². The van der Waals surface area contributed by atoms with Gasteiger partial charge in [-0.05, 0) is 6.07 Å². The molecule has 0 aliphatic carbocycles. The molecular formula is C21H25N7O2. The van der Waals surface area contributed by atoms with Crippen molar-refractivity contribution in [2.75, 3.05) is 67.8 Å². The highest BCUT2D eigenvalue weighted by Gasteiger charge is 2.19. The van der Waals surface area contributed by atoms with Crippen LogP contribution in [0.25, 0.3) is 10.9 Å². The molecule has 156 valence electrons. The number of nitrogens with zero attached hydrogens (tertiary/aromatic N) is 5. The monoisotopic (exact) mass is 407 g/mol. The number of fused-ring (bicyclic) bond motifs is 1. The molecule has 1 aromatic carbocycles. The van der Waals surface area contributed by atoms with Crippen LogP contribution in [0.2, 0.25) is 0 Å². The second-order valence-corrected chi connectivity index (χ2v) is 7.27. The van der Waals surface area contributed by atoms with Crippen molar-refractivity contribution in [1.29, 1.82) is 0 Å². The Morgan fingerprint density at radius 3 is 2.50 bits per heavy atom. The van der Waals surface area contributed by atoms with Gasteiger partial charge in [0.25, 0.3) is 0 Å². The Hall–Kier alpha value is -3.17. The third kappa shape index (κ3) is 4.07. The van der Waals surface area contributed by atoms with Gasteiger partial charge in [0, 0.05) is 54.9 Å². The van der Waals surface area contributed by atoms with Gasteiger partial charge < -0.3 is 24.3 Å². The van der Waals surface area contributed by atoms with Gasteiger partial charge in [0.05, 0.1) is 32.6 Å². The number of benzene rings is 1. The maximum atomic E-state index is 5.49. The van der Waals surface area contributed by atoms with E-state index in [0.29, 0.717) is 38.2 Å². The summed E-state index contributed by atoms with van der Waals surface area (Å²) >= 11 is 0. The summed E-state index contributed by atoms with van der Waals surface area (Å²) in [4.78, 5) is 17.2. The van der Waals surface area contributed by atoms with E-state index in [2.05, 4.69) is 31.4 Å². The second-order valence-electron chi connectivity index (χ2n) is 7.27. The fraction of sp³-hybridized carbons (Fsp3) is 0.381. The number of hydrazone groups is 1. The van der Waals surface area contributed by atoms with Gasteiger partial charge in [-0.2, -0.15) is 15.1 Å². The number of hydrogen-bond acceptors (Lipinski definition) is 8. The Kier molecular flexibility index (Phi) is 5.45. The standard InChI is InChI=1S/C21H25N7O2/c1-2-4-18-17(3-1)16(14-22-18)15-23-26-19-13-20(27-5-9-29-10-6-27)25-21(24-19)28-7-11-30-12-8-28/h1-4,13-15,22H,5-12H2,(H,24,25,26)/b23-15-. The van der Waals surface area contributed by atoms with Crippen LogP contribution >= 0.6 is 0 Å². The summed E-state index contributed by atoms with van der Waals surface area (Å²) in [5.41, 5.74) is 5.21. The second kappa shape index (κ2) is 8.68. The smallest absolute Gasteiger partial charge is 0.229 e. The Morgan fingerprint density at radius 1 is 0.967 bits per heavy atom. The molecule has 0 radical (unpaired) electrons. The minimum atomic E-state index is 0.670. The zero-order valence-electron chi connectivity index (χ0n) is 16.8. The van der Waals surface area contributed by atoms with Gasteiger partial charge in [-0.15, -0.1) is 0 Å². The van der Waals surface area contributed by atoms with Crippen molar-refractivity contribution in [2.45, 2.75) is 0 Å². The average Bonchev–Trinajstić information content (AvgIpc) is 3.23.